The number of carbonyl (C=O) groups is 2. The fourth-order valence-electron chi connectivity index (χ4n) is 2.59. The summed E-state index contributed by atoms with van der Waals surface area (Å²) in [7, 11) is 1.27. The number of aromatic amines is 1. The molecule has 0 bridgehead atoms. The van der Waals surface area contributed by atoms with Gasteiger partial charge in [-0.05, 0) is 28.5 Å². The van der Waals surface area contributed by atoms with Gasteiger partial charge in [0.2, 0.25) is 0 Å². The van der Waals surface area contributed by atoms with E-state index in [0.29, 0.717) is 5.56 Å². The smallest absolute Gasteiger partial charge is 0.333 e. The number of nitrogens with zero attached hydrogens (tertiary/aromatic N) is 1. The Morgan fingerprint density at radius 3 is 2.60 bits per heavy atom. The molecule has 6 nitrogen and oxygen atoms in total. The van der Waals surface area contributed by atoms with Gasteiger partial charge in [-0.1, -0.05) is 36.4 Å². The third-order valence-electron chi connectivity index (χ3n) is 3.88. The van der Waals surface area contributed by atoms with Crippen LogP contribution in [-0.4, -0.2) is 24.0 Å². The molecule has 0 aliphatic carbocycles. The Bertz CT molecular complexity index is 985. The van der Waals surface area contributed by atoms with Crippen LogP contribution in [0.5, 0.6) is 0 Å². The largest absolute Gasteiger partial charge is 0.467 e. The molecule has 25 heavy (non-hydrogen) atoms. The van der Waals surface area contributed by atoms with Crippen molar-refractivity contribution in [1.82, 2.24) is 10.3 Å². The molecule has 0 saturated heterocycles. The van der Waals surface area contributed by atoms with Gasteiger partial charge < -0.3 is 15.0 Å². The van der Waals surface area contributed by atoms with Crippen molar-refractivity contribution in [2.24, 2.45) is 0 Å². The molecule has 0 aliphatic heterocycles. The number of fused-ring (bicyclic) bond motifs is 1. The maximum atomic E-state index is 12.4. The molecule has 1 heterocycles. The number of ether oxygens (including phenoxy) is 1. The van der Waals surface area contributed by atoms with Crippen LogP contribution in [0.4, 0.5) is 0 Å². The predicted octanol–water partition coefficient (Wildman–Crippen LogP) is 2.68. The lowest BCUT2D eigenvalue weighted by Crippen LogP contribution is -2.34. The van der Waals surface area contributed by atoms with Crippen LogP contribution in [0.25, 0.3) is 10.8 Å². The van der Waals surface area contributed by atoms with Crippen LogP contribution in [0.15, 0.2) is 54.7 Å². The number of hydrogen-bond donors (Lipinski definition) is 2. The summed E-state index contributed by atoms with van der Waals surface area (Å²) in [5, 5.41) is 13.5. The van der Waals surface area contributed by atoms with Gasteiger partial charge >= 0.3 is 5.97 Å². The van der Waals surface area contributed by atoms with E-state index in [2.05, 4.69) is 10.3 Å². The van der Waals surface area contributed by atoms with E-state index in [9.17, 15) is 9.59 Å². The summed E-state index contributed by atoms with van der Waals surface area (Å²) in [4.78, 5) is 27.3. The Kier molecular flexibility index (Phi) is 4.48. The Balaban J connectivity index is 1.92. The zero-order chi connectivity index (χ0) is 17.8. The predicted molar refractivity (Wildman–Crippen MR) is 91.7 cm³/mol. The van der Waals surface area contributed by atoms with Gasteiger partial charge in [-0.15, -0.1) is 0 Å². The number of amides is 1. The molecule has 3 aromatic rings. The van der Waals surface area contributed by atoms with Crippen molar-refractivity contribution in [1.29, 1.82) is 5.26 Å². The van der Waals surface area contributed by atoms with Crippen molar-refractivity contribution < 1.29 is 14.3 Å². The maximum absolute atomic E-state index is 12.4. The fourth-order valence-corrected chi connectivity index (χ4v) is 2.59. The molecule has 1 amide bonds. The Morgan fingerprint density at radius 1 is 1.16 bits per heavy atom. The zero-order valence-electron chi connectivity index (χ0n) is 13.4. The number of nitriles is 1. The van der Waals surface area contributed by atoms with Crippen LogP contribution in [0.1, 0.15) is 27.7 Å². The minimum atomic E-state index is -0.942. The van der Waals surface area contributed by atoms with Crippen molar-refractivity contribution in [3.05, 3.63) is 71.5 Å². The molecule has 0 spiro atoms. The Hall–Kier alpha value is -3.59. The van der Waals surface area contributed by atoms with E-state index in [1.54, 1.807) is 6.07 Å². The molecule has 124 valence electrons. The van der Waals surface area contributed by atoms with Gasteiger partial charge in [0.25, 0.3) is 5.91 Å². The van der Waals surface area contributed by atoms with Crippen LogP contribution < -0.4 is 5.32 Å². The maximum Gasteiger partial charge on any atom is 0.333 e. The molecule has 2 N–H and O–H groups in total. The van der Waals surface area contributed by atoms with Gasteiger partial charge in [0.05, 0.1) is 12.7 Å². The van der Waals surface area contributed by atoms with Crippen LogP contribution in [0.2, 0.25) is 0 Å². The molecule has 6 heteroatoms. The minimum absolute atomic E-state index is 0.269. The van der Waals surface area contributed by atoms with Crippen LogP contribution in [0, 0.1) is 11.3 Å². The number of benzene rings is 2. The first-order chi connectivity index (χ1) is 12.1. The van der Waals surface area contributed by atoms with Crippen LogP contribution >= 0.6 is 0 Å². The summed E-state index contributed by atoms with van der Waals surface area (Å²) in [6.45, 7) is 0. The number of nitrogens with one attached hydrogen (secondary N) is 2. The molecular weight excluding hydrogens is 318 g/mol. The molecule has 0 radical (unpaired) electrons. The van der Waals surface area contributed by atoms with Gasteiger partial charge in [0, 0.05) is 6.20 Å². The van der Waals surface area contributed by atoms with Crippen LogP contribution in [-0.2, 0) is 9.53 Å². The minimum Gasteiger partial charge on any atom is -0.467 e. The molecule has 0 fully saturated rings. The van der Waals surface area contributed by atoms with Crippen molar-refractivity contribution >= 4 is 22.6 Å². The van der Waals surface area contributed by atoms with E-state index in [1.807, 2.05) is 42.5 Å². The quantitative estimate of drug-likeness (QED) is 0.718. The van der Waals surface area contributed by atoms with Crippen molar-refractivity contribution in [3.8, 4) is 6.07 Å². The highest BCUT2D eigenvalue weighted by Crippen LogP contribution is 2.22. The van der Waals surface area contributed by atoms with E-state index in [0.717, 1.165) is 10.8 Å². The molecule has 1 aromatic heterocycles. The third-order valence-corrected chi connectivity index (χ3v) is 3.88. The lowest BCUT2D eigenvalue weighted by Gasteiger charge is -2.17. The van der Waals surface area contributed by atoms with Gasteiger partial charge in [-0.2, -0.15) is 5.26 Å². The first-order valence-electron chi connectivity index (χ1n) is 7.58. The second kappa shape index (κ2) is 6.89. The standard InChI is InChI=1S/C19H15N3O3/c1-25-19(24)17(22-18(23)15-9-16(10-20)21-11-15)14-7-6-12-4-2-3-5-13(12)8-14/h2-9,11,17,21H,1H3,(H,22,23). The summed E-state index contributed by atoms with van der Waals surface area (Å²) in [6, 6.07) is 15.6. The highest BCUT2D eigenvalue weighted by atomic mass is 16.5. The average molecular weight is 333 g/mol. The summed E-state index contributed by atoms with van der Waals surface area (Å²) in [5.41, 5.74) is 1.16. The Morgan fingerprint density at radius 2 is 1.92 bits per heavy atom. The monoisotopic (exact) mass is 333 g/mol. The van der Waals surface area contributed by atoms with E-state index in [4.69, 9.17) is 10.00 Å². The van der Waals surface area contributed by atoms with Crippen molar-refractivity contribution in [2.75, 3.05) is 7.11 Å². The molecule has 2 aromatic carbocycles. The normalized spacial score (nSPS) is 11.5. The van der Waals surface area contributed by atoms with Crippen LogP contribution in [0.3, 0.4) is 0 Å². The lowest BCUT2D eigenvalue weighted by molar-refractivity contribution is -0.143. The molecule has 0 saturated carbocycles. The highest BCUT2D eigenvalue weighted by molar-refractivity contribution is 5.97. The first-order valence-corrected chi connectivity index (χ1v) is 7.58. The summed E-state index contributed by atoms with van der Waals surface area (Å²) >= 11 is 0. The fraction of sp³-hybridized carbons (Fsp3) is 0.105. The second-order valence-electron chi connectivity index (χ2n) is 5.45. The molecular formula is C19H15N3O3. The summed E-state index contributed by atoms with van der Waals surface area (Å²) < 4.78 is 4.83. The van der Waals surface area contributed by atoms with Gasteiger partial charge in [-0.3, -0.25) is 4.79 Å². The summed E-state index contributed by atoms with van der Waals surface area (Å²) in [6.07, 6.45) is 1.42. The second-order valence-corrected chi connectivity index (χ2v) is 5.45. The van der Waals surface area contributed by atoms with Gasteiger partial charge in [0.1, 0.15) is 11.8 Å². The third kappa shape index (κ3) is 3.35. The van der Waals surface area contributed by atoms with Crippen molar-refractivity contribution in [2.45, 2.75) is 6.04 Å². The lowest BCUT2D eigenvalue weighted by atomic mass is 10.0. The highest BCUT2D eigenvalue weighted by Gasteiger charge is 2.24. The van der Waals surface area contributed by atoms with E-state index < -0.39 is 17.9 Å². The van der Waals surface area contributed by atoms with Gasteiger partial charge in [-0.25, -0.2) is 4.79 Å². The number of esters is 1. The van der Waals surface area contributed by atoms with E-state index in [-0.39, 0.29) is 11.3 Å². The van der Waals surface area contributed by atoms with Gasteiger partial charge in [0.15, 0.2) is 6.04 Å². The number of rotatable bonds is 4. The number of H-pyrrole nitrogens is 1. The Labute approximate surface area is 144 Å². The number of carbonyl (C=O) groups excluding carboxylic acids is 2. The topological polar surface area (TPSA) is 95.0 Å². The molecule has 1 atom stereocenters. The SMILES string of the molecule is COC(=O)C(NC(=O)c1c[nH]c(C#N)c1)c1ccc2ccccc2c1. The first kappa shape index (κ1) is 16.3. The number of hydrogen-bond acceptors (Lipinski definition) is 4. The van der Waals surface area contributed by atoms with E-state index >= 15 is 0 Å². The summed E-state index contributed by atoms with van der Waals surface area (Å²) in [5.74, 6) is -1.04. The van der Waals surface area contributed by atoms with E-state index in [1.165, 1.54) is 19.4 Å². The molecule has 3 rings (SSSR count). The number of aromatic nitrogens is 1. The molecule has 1 unspecified atom stereocenters. The molecule has 0 aliphatic rings. The zero-order valence-corrected chi connectivity index (χ0v) is 13.4. The number of methoxy groups -OCH3 is 1. The average Bonchev–Trinajstić information content (AvgIpc) is 3.14. The van der Waals surface area contributed by atoms with Crippen molar-refractivity contribution in [3.63, 3.8) is 0 Å².